The molecule has 82 valence electrons. The Morgan fingerprint density at radius 3 is 2.13 bits per heavy atom. The number of nitriles is 1. The van der Waals surface area contributed by atoms with Gasteiger partial charge < -0.3 is 0 Å². The van der Waals surface area contributed by atoms with Crippen LogP contribution in [0.4, 0.5) is 13.2 Å². The van der Waals surface area contributed by atoms with Gasteiger partial charge >= 0.3 is 6.30 Å². The van der Waals surface area contributed by atoms with E-state index in [0.29, 0.717) is 5.56 Å². The maximum atomic E-state index is 12.3. The van der Waals surface area contributed by atoms with Crippen LogP contribution in [0, 0.1) is 11.3 Å². The van der Waals surface area contributed by atoms with Gasteiger partial charge in [-0.15, -0.1) is 13.2 Å². The van der Waals surface area contributed by atoms with Gasteiger partial charge in [0.2, 0.25) is 0 Å². The van der Waals surface area contributed by atoms with Crippen LogP contribution in [0.2, 0.25) is 0 Å². The minimum atomic E-state index is -4.57. The standard InChI is InChI=1S/C9H10F3N3/c1-8(2,3)6-5-15(9(10,11)12)14-7(6)4-13/h5H,1-3H3. The van der Waals surface area contributed by atoms with Crippen LogP contribution < -0.4 is 0 Å². The molecule has 0 atom stereocenters. The Hall–Kier alpha value is -1.51. The lowest BCUT2D eigenvalue weighted by Crippen LogP contribution is -2.17. The van der Waals surface area contributed by atoms with E-state index in [1.807, 2.05) is 0 Å². The summed E-state index contributed by atoms with van der Waals surface area (Å²) in [5, 5.41) is 11.9. The summed E-state index contributed by atoms with van der Waals surface area (Å²) in [7, 11) is 0. The second-order valence-corrected chi connectivity index (χ2v) is 4.17. The molecular formula is C9H10F3N3. The fraction of sp³-hybridized carbons (Fsp3) is 0.556. The molecule has 0 N–H and O–H groups in total. The third-order valence-electron chi connectivity index (χ3n) is 1.89. The van der Waals surface area contributed by atoms with Crippen molar-refractivity contribution < 1.29 is 13.2 Å². The van der Waals surface area contributed by atoms with Crippen LogP contribution in [-0.4, -0.2) is 9.78 Å². The highest BCUT2D eigenvalue weighted by Crippen LogP contribution is 2.29. The van der Waals surface area contributed by atoms with Gasteiger partial charge in [0.15, 0.2) is 5.69 Å². The van der Waals surface area contributed by atoms with Gasteiger partial charge in [-0.1, -0.05) is 20.8 Å². The van der Waals surface area contributed by atoms with Crippen molar-refractivity contribution >= 4 is 0 Å². The van der Waals surface area contributed by atoms with Gasteiger partial charge in [-0.2, -0.15) is 15.0 Å². The van der Waals surface area contributed by atoms with E-state index in [1.165, 1.54) is 0 Å². The first-order chi connectivity index (χ1) is 6.66. The fourth-order valence-electron chi connectivity index (χ4n) is 1.14. The molecule has 0 radical (unpaired) electrons. The van der Waals surface area contributed by atoms with E-state index >= 15 is 0 Å². The molecule has 0 unspecified atom stereocenters. The van der Waals surface area contributed by atoms with Gasteiger partial charge in [-0.05, 0) is 5.41 Å². The molecule has 0 aliphatic rings. The van der Waals surface area contributed by atoms with E-state index in [2.05, 4.69) is 5.10 Å². The van der Waals surface area contributed by atoms with Crippen molar-refractivity contribution in [2.24, 2.45) is 0 Å². The lowest BCUT2D eigenvalue weighted by Gasteiger charge is -2.15. The molecular weight excluding hydrogens is 207 g/mol. The molecule has 0 aliphatic carbocycles. The highest BCUT2D eigenvalue weighted by molar-refractivity contribution is 5.34. The zero-order valence-corrected chi connectivity index (χ0v) is 8.55. The molecule has 1 heterocycles. The first-order valence-electron chi connectivity index (χ1n) is 4.23. The van der Waals surface area contributed by atoms with Crippen LogP contribution >= 0.6 is 0 Å². The molecule has 0 bridgehead atoms. The highest BCUT2D eigenvalue weighted by atomic mass is 19.4. The largest absolute Gasteiger partial charge is 0.504 e. The molecule has 6 heteroatoms. The van der Waals surface area contributed by atoms with E-state index in [1.54, 1.807) is 26.8 Å². The van der Waals surface area contributed by atoms with Gasteiger partial charge in [0.05, 0.1) is 0 Å². The van der Waals surface area contributed by atoms with Crippen LogP contribution in [0.1, 0.15) is 32.0 Å². The maximum absolute atomic E-state index is 12.3. The lowest BCUT2D eigenvalue weighted by atomic mass is 9.87. The van der Waals surface area contributed by atoms with E-state index < -0.39 is 11.7 Å². The van der Waals surface area contributed by atoms with Crippen LogP contribution in [0.15, 0.2) is 6.20 Å². The minimum absolute atomic E-state index is 0.133. The van der Waals surface area contributed by atoms with Crippen molar-refractivity contribution in [2.75, 3.05) is 0 Å². The Bertz CT molecular complexity index is 404. The number of hydrogen-bond donors (Lipinski definition) is 0. The van der Waals surface area contributed by atoms with Crippen molar-refractivity contribution in [1.29, 1.82) is 5.26 Å². The Morgan fingerprint density at radius 2 is 1.87 bits per heavy atom. The molecule has 0 aliphatic heterocycles. The molecule has 0 saturated carbocycles. The molecule has 0 amide bonds. The van der Waals surface area contributed by atoms with E-state index in [4.69, 9.17) is 5.26 Å². The highest BCUT2D eigenvalue weighted by Gasteiger charge is 2.34. The predicted octanol–water partition coefficient (Wildman–Crippen LogP) is 2.53. The summed E-state index contributed by atoms with van der Waals surface area (Å²) in [5.41, 5.74) is -0.420. The predicted molar refractivity (Wildman–Crippen MR) is 46.9 cm³/mol. The lowest BCUT2D eigenvalue weighted by molar-refractivity contribution is -0.212. The quantitative estimate of drug-likeness (QED) is 0.670. The van der Waals surface area contributed by atoms with Gasteiger partial charge in [0, 0.05) is 11.8 Å². The second kappa shape index (κ2) is 3.26. The van der Waals surface area contributed by atoms with Crippen LogP contribution in [-0.2, 0) is 11.7 Å². The molecule has 0 fully saturated rings. The molecule has 0 saturated heterocycles. The topological polar surface area (TPSA) is 41.6 Å². The van der Waals surface area contributed by atoms with E-state index in [0.717, 1.165) is 6.20 Å². The zero-order chi connectivity index (χ0) is 11.9. The molecule has 0 aromatic carbocycles. The molecule has 3 nitrogen and oxygen atoms in total. The average molecular weight is 217 g/mol. The summed E-state index contributed by atoms with van der Waals surface area (Å²) in [6.45, 7) is 5.18. The van der Waals surface area contributed by atoms with Gasteiger partial charge in [-0.25, -0.2) is 0 Å². The number of aromatic nitrogens is 2. The SMILES string of the molecule is CC(C)(C)c1cn(C(F)(F)F)nc1C#N. The minimum Gasteiger partial charge on any atom is -0.191 e. The van der Waals surface area contributed by atoms with Gasteiger partial charge in [0.1, 0.15) is 6.07 Å². The molecule has 1 aromatic heterocycles. The molecule has 0 spiro atoms. The zero-order valence-electron chi connectivity index (χ0n) is 8.55. The van der Waals surface area contributed by atoms with E-state index in [9.17, 15) is 13.2 Å². The number of alkyl halides is 3. The summed E-state index contributed by atoms with van der Waals surface area (Å²) >= 11 is 0. The normalized spacial score (nSPS) is 12.6. The van der Waals surface area contributed by atoms with E-state index in [-0.39, 0.29) is 10.4 Å². The number of halogens is 3. The summed E-state index contributed by atoms with van der Waals surface area (Å²) in [5.74, 6) is 0. The summed E-state index contributed by atoms with van der Waals surface area (Å²) < 4.78 is 36.8. The first kappa shape index (κ1) is 11.6. The molecule has 1 aromatic rings. The Morgan fingerprint density at radius 1 is 1.33 bits per heavy atom. The average Bonchev–Trinajstić information content (AvgIpc) is 2.44. The van der Waals surface area contributed by atoms with Crippen molar-refractivity contribution in [3.8, 4) is 6.07 Å². The van der Waals surface area contributed by atoms with Crippen LogP contribution in [0.5, 0.6) is 0 Å². The van der Waals surface area contributed by atoms with Crippen molar-refractivity contribution in [2.45, 2.75) is 32.5 Å². The van der Waals surface area contributed by atoms with Crippen molar-refractivity contribution in [3.63, 3.8) is 0 Å². The van der Waals surface area contributed by atoms with Crippen LogP contribution in [0.3, 0.4) is 0 Å². The smallest absolute Gasteiger partial charge is 0.191 e. The van der Waals surface area contributed by atoms with Gasteiger partial charge in [-0.3, -0.25) is 0 Å². The third-order valence-corrected chi connectivity index (χ3v) is 1.89. The monoisotopic (exact) mass is 217 g/mol. The first-order valence-corrected chi connectivity index (χ1v) is 4.23. The third kappa shape index (κ3) is 2.29. The Labute approximate surface area is 85.1 Å². The van der Waals surface area contributed by atoms with Crippen LogP contribution in [0.25, 0.3) is 0 Å². The molecule has 1 rings (SSSR count). The molecule has 15 heavy (non-hydrogen) atoms. The number of rotatable bonds is 0. The summed E-state index contributed by atoms with van der Waals surface area (Å²) in [6.07, 6.45) is -3.71. The maximum Gasteiger partial charge on any atom is 0.504 e. The Kier molecular flexibility index (Phi) is 2.51. The number of hydrogen-bond acceptors (Lipinski definition) is 2. The fourth-order valence-corrected chi connectivity index (χ4v) is 1.14. The summed E-state index contributed by atoms with van der Waals surface area (Å²) in [4.78, 5) is 0. The van der Waals surface area contributed by atoms with Gasteiger partial charge in [0.25, 0.3) is 0 Å². The second-order valence-electron chi connectivity index (χ2n) is 4.17. The van der Waals surface area contributed by atoms with Crippen molar-refractivity contribution in [1.82, 2.24) is 9.78 Å². The summed E-state index contributed by atoms with van der Waals surface area (Å²) in [6, 6.07) is 1.66. The van der Waals surface area contributed by atoms with Crippen molar-refractivity contribution in [3.05, 3.63) is 17.5 Å². The number of nitrogens with zero attached hydrogens (tertiary/aromatic N) is 3. The Balaban J connectivity index is 3.32.